The number of rotatable bonds is 4. The van der Waals surface area contributed by atoms with Gasteiger partial charge >= 0.3 is 6.09 Å². The van der Waals surface area contributed by atoms with Crippen LogP contribution in [-0.4, -0.2) is 23.7 Å². The van der Waals surface area contributed by atoms with E-state index in [0.29, 0.717) is 23.5 Å². The fourth-order valence-corrected chi connectivity index (χ4v) is 2.62. The fraction of sp³-hybridized carbons (Fsp3) is 0.333. The molecule has 1 aliphatic heterocycles. The average molecular weight is 314 g/mol. The van der Waals surface area contributed by atoms with E-state index in [4.69, 9.17) is 4.74 Å². The van der Waals surface area contributed by atoms with E-state index in [1.165, 1.54) is 11.0 Å². The van der Waals surface area contributed by atoms with Crippen molar-refractivity contribution in [2.24, 2.45) is 0 Å². The molecule has 23 heavy (non-hydrogen) atoms. The van der Waals surface area contributed by atoms with Crippen LogP contribution in [0.1, 0.15) is 25.8 Å². The summed E-state index contributed by atoms with van der Waals surface area (Å²) in [4.78, 5) is 17.6. The fourth-order valence-electron chi connectivity index (χ4n) is 2.62. The molecule has 5 heteroatoms. The minimum atomic E-state index is -0.422. The number of aromatic nitrogens is 1. The monoisotopic (exact) mass is 314 g/mol. The second-order valence-electron chi connectivity index (χ2n) is 5.59. The van der Waals surface area contributed by atoms with Crippen molar-refractivity contribution < 1.29 is 13.9 Å². The summed E-state index contributed by atoms with van der Waals surface area (Å²) in [5.41, 5.74) is 2.63. The van der Waals surface area contributed by atoms with Gasteiger partial charge in [0.2, 0.25) is 0 Å². The van der Waals surface area contributed by atoms with Crippen molar-refractivity contribution in [2.75, 3.05) is 11.4 Å². The van der Waals surface area contributed by atoms with Gasteiger partial charge in [-0.05, 0) is 42.7 Å². The van der Waals surface area contributed by atoms with Crippen LogP contribution in [0, 0.1) is 5.82 Å². The van der Waals surface area contributed by atoms with Gasteiger partial charge < -0.3 is 4.74 Å². The number of cyclic esters (lactones) is 1. The third-order valence-electron chi connectivity index (χ3n) is 4.10. The molecule has 120 valence electrons. The zero-order valence-corrected chi connectivity index (χ0v) is 13.3. The van der Waals surface area contributed by atoms with Gasteiger partial charge in [-0.1, -0.05) is 19.9 Å². The number of halogens is 1. The summed E-state index contributed by atoms with van der Waals surface area (Å²) >= 11 is 0. The molecule has 1 aromatic carbocycles. The predicted octanol–water partition coefficient (Wildman–Crippen LogP) is 4.19. The molecule has 1 saturated heterocycles. The van der Waals surface area contributed by atoms with E-state index < -0.39 is 11.9 Å². The maximum Gasteiger partial charge on any atom is 0.414 e. The number of nitrogens with zero attached hydrogens (tertiary/aromatic N) is 2. The van der Waals surface area contributed by atoms with Crippen LogP contribution < -0.4 is 4.90 Å². The van der Waals surface area contributed by atoms with Gasteiger partial charge in [0, 0.05) is 11.8 Å². The number of amides is 1. The standard InChI is InChI=1S/C18H19FN2O2/c1-3-12-5-8-17(20-10-12)15-7-6-13(9-16(15)19)21-11-14(4-2)23-18(21)22/h5-10,14H,3-4,11H2,1-2H3/t14-/m0/s1. The number of carbonyl (C=O) groups is 1. The zero-order valence-electron chi connectivity index (χ0n) is 13.3. The minimum Gasteiger partial charge on any atom is -0.444 e. The van der Waals surface area contributed by atoms with Crippen molar-refractivity contribution in [1.29, 1.82) is 0 Å². The first-order chi connectivity index (χ1) is 11.1. The lowest BCUT2D eigenvalue weighted by atomic mass is 10.1. The van der Waals surface area contributed by atoms with Crippen molar-refractivity contribution >= 4 is 11.8 Å². The molecule has 2 aromatic rings. The lowest BCUT2D eigenvalue weighted by Crippen LogP contribution is -2.24. The van der Waals surface area contributed by atoms with Crippen LogP contribution in [0.2, 0.25) is 0 Å². The van der Waals surface area contributed by atoms with E-state index in [2.05, 4.69) is 4.98 Å². The van der Waals surface area contributed by atoms with Gasteiger partial charge in [0.05, 0.1) is 17.9 Å². The van der Waals surface area contributed by atoms with Crippen LogP contribution in [0.3, 0.4) is 0 Å². The van der Waals surface area contributed by atoms with E-state index in [1.54, 1.807) is 18.3 Å². The van der Waals surface area contributed by atoms with Crippen molar-refractivity contribution in [3.63, 3.8) is 0 Å². The largest absolute Gasteiger partial charge is 0.444 e. The van der Waals surface area contributed by atoms with E-state index in [0.717, 1.165) is 18.4 Å². The van der Waals surface area contributed by atoms with Crippen LogP contribution in [0.4, 0.5) is 14.9 Å². The lowest BCUT2D eigenvalue weighted by Gasteiger charge is -2.14. The highest BCUT2D eigenvalue weighted by molar-refractivity contribution is 5.90. The number of hydrogen-bond acceptors (Lipinski definition) is 3. The number of anilines is 1. The molecule has 1 fully saturated rings. The zero-order chi connectivity index (χ0) is 16.4. The Kier molecular flexibility index (Phi) is 4.28. The van der Waals surface area contributed by atoms with Crippen molar-refractivity contribution in [1.82, 2.24) is 4.98 Å². The summed E-state index contributed by atoms with van der Waals surface area (Å²) in [6.45, 7) is 4.46. The van der Waals surface area contributed by atoms with E-state index in [-0.39, 0.29) is 6.10 Å². The summed E-state index contributed by atoms with van der Waals surface area (Å²) in [6.07, 6.45) is 2.84. The summed E-state index contributed by atoms with van der Waals surface area (Å²) in [5.74, 6) is -0.396. The Morgan fingerprint density at radius 2 is 2.13 bits per heavy atom. The first-order valence-electron chi connectivity index (χ1n) is 7.85. The molecule has 0 spiro atoms. The highest BCUT2D eigenvalue weighted by Gasteiger charge is 2.31. The Labute approximate surface area is 134 Å². The highest BCUT2D eigenvalue weighted by atomic mass is 19.1. The molecular formula is C18H19FN2O2. The molecule has 2 heterocycles. The SMILES string of the molecule is CCc1ccc(-c2ccc(N3C[C@H](CC)OC3=O)cc2F)nc1. The summed E-state index contributed by atoms with van der Waals surface area (Å²) in [5, 5.41) is 0. The Hall–Kier alpha value is -2.43. The molecular weight excluding hydrogens is 295 g/mol. The Morgan fingerprint density at radius 1 is 1.30 bits per heavy atom. The van der Waals surface area contributed by atoms with E-state index >= 15 is 0 Å². The number of aryl methyl sites for hydroxylation is 1. The summed E-state index contributed by atoms with van der Waals surface area (Å²) in [6, 6.07) is 8.51. The maximum absolute atomic E-state index is 14.5. The molecule has 1 atom stereocenters. The number of hydrogen-bond donors (Lipinski definition) is 0. The van der Waals surface area contributed by atoms with Gasteiger partial charge in [-0.15, -0.1) is 0 Å². The second kappa shape index (κ2) is 6.36. The van der Waals surface area contributed by atoms with Gasteiger partial charge in [0.25, 0.3) is 0 Å². The van der Waals surface area contributed by atoms with Crippen LogP contribution in [0.5, 0.6) is 0 Å². The number of carbonyl (C=O) groups excluding carboxylic acids is 1. The van der Waals surface area contributed by atoms with Crippen molar-refractivity contribution in [3.8, 4) is 11.3 Å². The van der Waals surface area contributed by atoms with E-state index in [9.17, 15) is 9.18 Å². The molecule has 0 bridgehead atoms. The molecule has 0 unspecified atom stereocenters. The van der Waals surface area contributed by atoms with Gasteiger partial charge in [-0.3, -0.25) is 9.88 Å². The Morgan fingerprint density at radius 3 is 2.70 bits per heavy atom. The third kappa shape index (κ3) is 3.04. The molecule has 3 rings (SSSR count). The number of ether oxygens (including phenoxy) is 1. The van der Waals surface area contributed by atoms with Gasteiger partial charge in [0.15, 0.2) is 0 Å². The first-order valence-corrected chi connectivity index (χ1v) is 7.85. The Balaban J connectivity index is 1.87. The summed E-state index contributed by atoms with van der Waals surface area (Å²) < 4.78 is 19.7. The van der Waals surface area contributed by atoms with Crippen LogP contribution in [0.15, 0.2) is 36.5 Å². The molecule has 4 nitrogen and oxygen atoms in total. The predicted molar refractivity (Wildman–Crippen MR) is 86.9 cm³/mol. The van der Waals surface area contributed by atoms with Gasteiger partial charge in [0.1, 0.15) is 11.9 Å². The van der Waals surface area contributed by atoms with Crippen molar-refractivity contribution in [3.05, 3.63) is 47.9 Å². The lowest BCUT2D eigenvalue weighted by molar-refractivity contribution is 0.139. The minimum absolute atomic E-state index is 0.131. The highest BCUT2D eigenvalue weighted by Crippen LogP contribution is 2.28. The van der Waals surface area contributed by atoms with Crippen LogP contribution in [-0.2, 0) is 11.2 Å². The number of benzene rings is 1. The normalized spacial score (nSPS) is 17.4. The smallest absolute Gasteiger partial charge is 0.414 e. The average Bonchev–Trinajstić information content (AvgIpc) is 2.96. The number of pyridine rings is 1. The van der Waals surface area contributed by atoms with Crippen LogP contribution in [0.25, 0.3) is 11.3 Å². The first kappa shape index (κ1) is 15.5. The molecule has 1 aliphatic rings. The quantitative estimate of drug-likeness (QED) is 0.850. The molecule has 1 aromatic heterocycles. The van der Waals surface area contributed by atoms with Crippen LogP contribution >= 0.6 is 0 Å². The van der Waals surface area contributed by atoms with E-state index in [1.807, 2.05) is 26.0 Å². The van der Waals surface area contributed by atoms with Gasteiger partial charge in [-0.2, -0.15) is 0 Å². The third-order valence-corrected chi connectivity index (χ3v) is 4.10. The second-order valence-corrected chi connectivity index (χ2v) is 5.59. The molecule has 0 radical (unpaired) electrons. The summed E-state index contributed by atoms with van der Waals surface area (Å²) in [7, 11) is 0. The van der Waals surface area contributed by atoms with Gasteiger partial charge in [-0.25, -0.2) is 9.18 Å². The molecule has 0 saturated carbocycles. The molecule has 0 aliphatic carbocycles. The molecule has 1 amide bonds. The molecule has 0 N–H and O–H groups in total. The van der Waals surface area contributed by atoms with Crippen molar-refractivity contribution in [2.45, 2.75) is 32.8 Å². The maximum atomic E-state index is 14.5. The topological polar surface area (TPSA) is 42.4 Å². The Bertz CT molecular complexity index is 715.